The van der Waals surface area contributed by atoms with Crippen LogP contribution >= 0.6 is 0 Å². The van der Waals surface area contributed by atoms with Gasteiger partial charge in [0.05, 0.1) is 5.36 Å². The summed E-state index contributed by atoms with van der Waals surface area (Å²) in [5, 5.41) is 1.53. The van der Waals surface area contributed by atoms with Crippen LogP contribution in [0.15, 0.2) is 23.2 Å². The Morgan fingerprint density at radius 3 is 3.00 bits per heavy atom. The average molecular weight is 141 g/mol. The van der Waals surface area contributed by atoms with Gasteiger partial charge in [0, 0.05) is 11.3 Å². The maximum atomic E-state index is 10.7. The standard InChI is InChI=1S/C8H4BNO/c9-6-2-1-5-3-8(11)10-7(5)4-6/h1-4H. The van der Waals surface area contributed by atoms with Gasteiger partial charge in [0.25, 0.3) is 5.91 Å². The van der Waals surface area contributed by atoms with Crippen molar-refractivity contribution in [2.24, 2.45) is 4.99 Å². The molecule has 0 saturated carbocycles. The minimum atomic E-state index is -0.203. The number of hydrogen-bond donors (Lipinski definition) is 0. The first-order valence-electron chi connectivity index (χ1n) is 3.26. The molecule has 0 atom stereocenters. The molecule has 50 valence electrons. The lowest BCUT2D eigenvalue weighted by molar-refractivity contribution is -0.112. The second kappa shape index (κ2) is 2.05. The zero-order valence-corrected chi connectivity index (χ0v) is 5.74. The number of fused-ring (bicyclic) bond motifs is 1. The van der Waals surface area contributed by atoms with Gasteiger partial charge in [-0.3, -0.25) is 4.79 Å². The third kappa shape index (κ3) is 0.983. The highest BCUT2D eigenvalue weighted by Gasteiger charge is 2.01. The van der Waals surface area contributed by atoms with E-state index in [4.69, 9.17) is 7.85 Å². The molecule has 0 fully saturated rings. The van der Waals surface area contributed by atoms with E-state index >= 15 is 0 Å². The fourth-order valence-corrected chi connectivity index (χ4v) is 1.06. The largest absolute Gasteiger partial charge is 0.270 e. The predicted octanol–water partition coefficient (Wildman–Crippen LogP) is -1.58. The van der Waals surface area contributed by atoms with Gasteiger partial charge >= 0.3 is 0 Å². The van der Waals surface area contributed by atoms with E-state index in [0.717, 1.165) is 5.22 Å². The molecule has 1 aromatic carbocycles. The van der Waals surface area contributed by atoms with Crippen LogP contribution in [-0.2, 0) is 4.79 Å². The first-order chi connectivity index (χ1) is 5.25. The number of amides is 1. The third-order valence-electron chi connectivity index (χ3n) is 1.56. The summed E-state index contributed by atoms with van der Waals surface area (Å²) < 4.78 is 0. The fraction of sp³-hybridized carbons (Fsp3) is 0. The molecule has 0 saturated heterocycles. The molecule has 2 rings (SSSR count). The van der Waals surface area contributed by atoms with Gasteiger partial charge in [-0.25, -0.2) is 4.99 Å². The molecule has 0 bridgehead atoms. The normalized spacial score (nSPS) is 13.6. The van der Waals surface area contributed by atoms with Gasteiger partial charge in [-0.1, -0.05) is 17.6 Å². The first-order valence-corrected chi connectivity index (χ1v) is 3.26. The number of carbonyl (C=O) groups excluding carboxylic acids is 1. The van der Waals surface area contributed by atoms with Gasteiger partial charge in [-0.2, -0.15) is 0 Å². The van der Waals surface area contributed by atoms with Gasteiger partial charge < -0.3 is 0 Å². The van der Waals surface area contributed by atoms with E-state index in [0.29, 0.717) is 10.8 Å². The van der Waals surface area contributed by atoms with Gasteiger partial charge in [-0.05, 0) is 6.07 Å². The van der Waals surface area contributed by atoms with Crippen LogP contribution in [0.1, 0.15) is 0 Å². The van der Waals surface area contributed by atoms with Crippen molar-refractivity contribution in [1.82, 2.24) is 0 Å². The Labute approximate surface area is 64.7 Å². The average Bonchev–Trinajstić information content (AvgIpc) is 2.27. The summed E-state index contributed by atoms with van der Waals surface area (Å²) in [6.07, 6.45) is 1.49. The van der Waals surface area contributed by atoms with Crippen LogP contribution in [0.3, 0.4) is 0 Å². The van der Waals surface area contributed by atoms with Crippen molar-refractivity contribution in [2.75, 3.05) is 0 Å². The van der Waals surface area contributed by atoms with E-state index < -0.39 is 0 Å². The molecule has 3 heteroatoms. The number of rotatable bonds is 0. The smallest absolute Gasteiger partial charge is 0.267 e. The second-order valence-electron chi connectivity index (χ2n) is 2.41. The molecule has 0 unspecified atom stereocenters. The molecule has 1 amide bonds. The number of hydrogen-bond acceptors (Lipinski definition) is 1. The fourth-order valence-electron chi connectivity index (χ4n) is 1.06. The highest BCUT2D eigenvalue weighted by molar-refractivity contribution is 6.32. The summed E-state index contributed by atoms with van der Waals surface area (Å²) in [7, 11) is 5.49. The molecule has 0 aromatic heterocycles. The van der Waals surface area contributed by atoms with Crippen molar-refractivity contribution in [3.63, 3.8) is 0 Å². The first kappa shape index (κ1) is 6.34. The number of nitrogens with zero attached hydrogens (tertiary/aromatic N) is 1. The summed E-state index contributed by atoms with van der Waals surface area (Å²) in [6, 6.07) is 5.24. The van der Waals surface area contributed by atoms with Crippen LogP contribution in [-0.4, -0.2) is 13.8 Å². The Bertz CT molecular complexity index is 436. The molecule has 0 N–H and O–H groups in total. The van der Waals surface area contributed by atoms with Crippen molar-refractivity contribution in [2.45, 2.75) is 0 Å². The lowest BCUT2D eigenvalue weighted by Crippen LogP contribution is -2.25. The monoisotopic (exact) mass is 141 g/mol. The molecule has 1 aliphatic heterocycles. The minimum absolute atomic E-state index is 0.203. The molecule has 2 nitrogen and oxygen atoms in total. The van der Waals surface area contributed by atoms with E-state index in [2.05, 4.69) is 4.99 Å². The predicted molar refractivity (Wildman–Crippen MR) is 42.1 cm³/mol. The molecule has 1 aliphatic rings. The SMILES string of the molecule is [B]c1ccc2c(c1)=NC(=O)C=2. The summed E-state index contributed by atoms with van der Waals surface area (Å²) in [5.41, 5.74) is 0.635. The Balaban J connectivity index is 2.89. The highest BCUT2D eigenvalue weighted by Crippen LogP contribution is 1.80. The molecule has 11 heavy (non-hydrogen) atoms. The molecule has 0 spiro atoms. The van der Waals surface area contributed by atoms with Crippen molar-refractivity contribution in [1.29, 1.82) is 0 Å². The van der Waals surface area contributed by atoms with Crippen LogP contribution in [0.5, 0.6) is 0 Å². The summed E-state index contributed by atoms with van der Waals surface area (Å²) in [6.45, 7) is 0. The van der Waals surface area contributed by atoms with Crippen LogP contribution in [0, 0.1) is 0 Å². The van der Waals surface area contributed by atoms with Gasteiger partial charge in [-0.15, -0.1) is 0 Å². The van der Waals surface area contributed by atoms with E-state index in [-0.39, 0.29) is 5.91 Å². The summed E-state index contributed by atoms with van der Waals surface area (Å²) >= 11 is 0. The third-order valence-corrected chi connectivity index (χ3v) is 1.56. The number of carbonyl (C=O) groups is 1. The topological polar surface area (TPSA) is 29.4 Å². The molecule has 2 radical (unpaired) electrons. The van der Waals surface area contributed by atoms with Gasteiger partial charge in [0.1, 0.15) is 7.85 Å². The van der Waals surface area contributed by atoms with E-state index in [9.17, 15) is 4.79 Å². The Kier molecular flexibility index (Phi) is 1.18. The Morgan fingerprint density at radius 1 is 1.36 bits per heavy atom. The van der Waals surface area contributed by atoms with Gasteiger partial charge in [0.2, 0.25) is 0 Å². The summed E-state index contributed by atoms with van der Waals surface area (Å²) in [5.74, 6) is -0.203. The van der Waals surface area contributed by atoms with Crippen molar-refractivity contribution in [3.05, 3.63) is 28.8 Å². The summed E-state index contributed by atoms with van der Waals surface area (Å²) in [4.78, 5) is 14.5. The van der Waals surface area contributed by atoms with Crippen molar-refractivity contribution >= 4 is 25.3 Å². The zero-order chi connectivity index (χ0) is 7.84. The maximum Gasteiger partial charge on any atom is 0.270 e. The maximum absolute atomic E-state index is 10.7. The molecular formula is C8H4BNO. The second-order valence-corrected chi connectivity index (χ2v) is 2.41. The van der Waals surface area contributed by atoms with Crippen LogP contribution in [0.4, 0.5) is 0 Å². The Morgan fingerprint density at radius 2 is 2.18 bits per heavy atom. The molecule has 1 aromatic rings. The van der Waals surface area contributed by atoms with Crippen molar-refractivity contribution < 1.29 is 4.79 Å². The highest BCUT2D eigenvalue weighted by atomic mass is 16.1. The molecule has 0 aliphatic carbocycles. The zero-order valence-electron chi connectivity index (χ0n) is 5.74. The molecular weight excluding hydrogens is 137 g/mol. The quantitative estimate of drug-likeness (QED) is 0.401. The van der Waals surface area contributed by atoms with Crippen LogP contribution in [0.25, 0.3) is 6.08 Å². The number of benzene rings is 1. The minimum Gasteiger partial charge on any atom is -0.267 e. The lowest BCUT2D eigenvalue weighted by atomic mass is 9.96. The van der Waals surface area contributed by atoms with E-state index in [1.165, 1.54) is 6.08 Å². The van der Waals surface area contributed by atoms with Gasteiger partial charge in [0.15, 0.2) is 0 Å². The Hall–Kier alpha value is -1.38. The van der Waals surface area contributed by atoms with Crippen molar-refractivity contribution in [3.8, 4) is 0 Å². The molecule has 1 heterocycles. The van der Waals surface area contributed by atoms with Crippen LogP contribution in [0.2, 0.25) is 0 Å². The lowest BCUT2D eigenvalue weighted by Gasteiger charge is -1.86. The van der Waals surface area contributed by atoms with Crippen LogP contribution < -0.4 is 16.0 Å². The van der Waals surface area contributed by atoms with E-state index in [1.54, 1.807) is 18.2 Å². The van der Waals surface area contributed by atoms with E-state index in [1.807, 2.05) is 0 Å².